The highest BCUT2D eigenvalue weighted by Gasteiger charge is 2.47. The average molecular weight is 228 g/mol. The summed E-state index contributed by atoms with van der Waals surface area (Å²) in [6, 6.07) is 10.5. The molecule has 0 bridgehead atoms. The zero-order chi connectivity index (χ0) is 11.8. The van der Waals surface area contributed by atoms with E-state index in [1.165, 1.54) is 18.4 Å². The third-order valence-corrected chi connectivity index (χ3v) is 4.61. The number of carbonyl (C=O) groups is 1. The summed E-state index contributed by atoms with van der Waals surface area (Å²) < 4.78 is 0. The van der Waals surface area contributed by atoms with Crippen molar-refractivity contribution in [2.24, 2.45) is 17.8 Å². The first kappa shape index (κ1) is 11.0. The van der Waals surface area contributed by atoms with E-state index in [1.54, 1.807) is 0 Å². The van der Waals surface area contributed by atoms with Crippen molar-refractivity contribution in [3.05, 3.63) is 35.9 Å². The molecule has 2 aliphatic carbocycles. The molecule has 4 atom stereocenters. The van der Waals surface area contributed by atoms with E-state index in [9.17, 15) is 4.79 Å². The molecule has 0 N–H and O–H groups in total. The van der Waals surface area contributed by atoms with Crippen LogP contribution in [0.2, 0.25) is 0 Å². The number of hydrogen-bond acceptors (Lipinski definition) is 1. The maximum absolute atomic E-state index is 12.4. The van der Waals surface area contributed by atoms with Crippen LogP contribution in [0.25, 0.3) is 0 Å². The van der Waals surface area contributed by atoms with E-state index < -0.39 is 0 Å². The van der Waals surface area contributed by atoms with Gasteiger partial charge in [0.1, 0.15) is 5.78 Å². The molecule has 2 saturated carbocycles. The van der Waals surface area contributed by atoms with Gasteiger partial charge in [-0.2, -0.15) is 0 Å². The van der Waals surface area contributed by atoms with Crippen LogP contribution in [0.3, 0.4) is 0 Å². The van der Waals surface area contributed by atoms with Crippen molar-refractivity contribution in [1.29, 1.82) is 0 Å². The SMILES string of the molecule is CC1CCCC1C(=O)C1CC1c1ccccc1. The Balaban J connectivity index is 1.67. The maximum Gasteiger partial charge on any atom is 0.139 e. The quantitative estimate of drug-likeness (QED) is 0.769. The molecule has 2 fully saturated rings. The van der Waals surface area contributed by atoms with Gasteiger partial charge in [0.15, 0.2) is 0 Å². The van der Waals surface area contributed by atoms with E-state index in [4.69, 9.17) is 0 Å². The summed E-state index contributed by atoms with van der Waals surface area (Å²) in [5, 5.41) is 0. The summed E-state index contributed by atoms with van der Waals surface area (Å²) in [6.07, 6.45) is 4.73. The van der Waals surface area contributed by atoms with Gasteiger partial charge in [0.2, 0.25) is 0 Å². The molecule has 1 aromatic carbocycles. The summed E-state index contributed by atoms with van der Waals surface area (Å²) in [6.45, 7) is 2.25. The van der Waals surface area contributed by atoms with E-state index >= 15 is 0 Å². The van der Waals surface area contributed by atoms with Crippen molar-refractivity contribution in [2.75, 3.05) is 0 Å². The fraction of sp³-hybridized carbons (Fsp3) is 0.562. The lowest BCUT2D eigenvalue weighted by atomic mass is 9.90. The lowest BCUT2D eigenvalue weighted by molar-refractivity contribution is -0.125. The lowest BCUT2D eigenvalue weighted by Gasteiger charge is -2.13. The van der Waals surface area contributed by atoms with E-state index in [0.29, 0.717) is 29.5 Å². The Morgan fingerprint density at radius 1 is 1.12 bits per heavy atom. The predicted octanol–water partition coefficient (Wildman–Crippen LogP) is 3.80. The Labute approximate surface area is 103 Å². The Morgan fingerprint density at radius 2 is 1.88 bits per heavy atom. The molecule has 1 nitrogen and oxygen atoms in total. The third-order valence-electron chi connectivity index (χ3n) is 4.61. The zero-order valence-corrected chi connectivity index (χ0v) is 10.4. The minimum absolute atomic E-state index is 0.336. The van der Waals surface area contributed by atoms with Crippen molar-refractivity contribution in [3.63, 3.8) is 0 Å². The molecular formula is C16H20O. The first-order valence-corrected chi connectivity index (χ1v) is 6.86. The van der Waals surface area contributed by atoms with Crippen LogP contribution in [0.5, 0.6) is 0 Å². The van der Waals surface area contributed by atoms with Crippen LogP contribution < -0.4 is 0 Å². The number of hydrogen-bond donors (Lipinski definition) is 0. The zero-order valence-electron chi connectivity index (χ0n) is 10.4. The number of benzene rings is 1. The second-order valence-corrected chi connectivity index (χ2v) is 5.78. The predicted molar refractivity (Wildman–Crippen MR) is 68.8 cm³/mol. The molecule has 1 heteroatoms. The van der Waals surface area contributed by atoms with Gasteiger partial charge in [0.25, 0.3) is 0 Å². The molecule has 4 unspecified atom stereocenters. The number of ketones is 1. The third kappa shape index (κ3) is 2.03. The molecule has 0 amide bonds. The molecule has 0 saturated heterocycles. The first-order chi connectivity index (χ1) is 8.27. The van der Waals surface area contributed by atoms with Crippen molar-refractivity contribution in [3.8, 4) is 0 Å². The molecule has 90 valence electrons. The molecule has 1 aromatic rings. The summed E-state index contributed by atoms with van der Waals surface area (Å²) in [5.74, 6) is 2.41. The molecule has 0 aliphatic heterocycles. The van der Waals surface area contributed by atoms with Gasteiger partial charge in [-0.1, -0.05) is 43.7 Å². The maximum atomic E-state index is 12.4. The summed E-state index contributed by atoms with van der Waals surface area (Å²) in [4.78, 5) is 12.4. The molecule has 0 spiro atoms. The van der Waals surface area contributed by atoms with E-state index in [-0.39, 0.29) is 0 Å². The van der Waals surface area contributed by atoms with Gasteiger partial charge in [-0.05, 0) is 36.7 Å². The Hall–Kier alpha value is -1.11. The standard InChI is InChI=1S/C16H20O/c1-11-6-5-9-13(11)16(17)15-10-14(15)12-7-3-2-4-8-12/h2-4,7-8,11,13-15H,5-6,9-10H2,1H3. The molecule has 0 radical (unpaired) electrons. The van der Waals surface area contributed by atoms with Gasteiger partial charge >= 0.3 is 0 Å². The van der Waals surface area contributed by atoms with E-state index in [0.717, 1.165) is 12.8 Å². The van der Waals surface area contributed by atoms with Crippen LogP contribution in [0.15, 0.2) is 30.3 Å². The highest BCUT2D eigenvalue weighted by Crippen LogP contribution is 2.51. The molecule has 2 aliphatic rings. The Bertz CT molecular complexity index is 409. The van der Waals surface area contributed by atoms with Crippen molar-refractivity contribution < 1.29 is 4.79 Å². The fourth-order valence-corrected chi connectivity index (χ4v) is 3.42. The second-order valence-electron chi connectivity index (χ2n) is 5.78. The lowest BCUT2D eigenvalue weighted by Crippen LogP contribution is -2.19. The highest BCUT2D eigenvalue weighted by atomic mass is 16.1. The topological polar surface area (TPSA) is 17.1 Å². The van der Waals surface area contributed by atoms with Gasteiger partial charge < -0.3 is 0 Å². The van der Waals surface area contributed by atoms with Crippen LogP contribution in [0.4, 0.5) is 0 Å². The van der Waals surface area contributed by atoms with E-state index in [1.807, 2.05) is 6.07 Å². The number of carbonyl (C=O) groups excluding carboxylic acids is 1. The number of Topliss-reactive ketones (excluding diaryl/α,β-unsaturated/α-hetero) is 1. The first-order valence-electron chi connectivity index (χ1n) is 6.86. The van der Waals surface area contributed by atoms with Crippen molar-refractivity contribution >= 4 is 5.78 Å². The van der Waals surface area contributed by atoms with Gasteiger partial charge in [-0.3, -0.25) is 4.79 Å². The average Bonchev–Trinajstić information content (AvgIpc) is 3.05. The normalized spacial score (nSPS) is 35.8. The van der Waals surface area contributed by atoms with Crippen molar-refractivity contribution in [1.82, 2.24) is 0 Å². The number of rotatable bonds is 3. The minimum atomic E-state index is 0.336. The van der Waals surface area contributed by atoms with Gasteiger partial charge in [0.05, 0.1) is 0 Å². The summed E-state index contributed by atoms with van der Waals surface area (Å²) in [5.41, 5.74) is 1.36. The second kappa shape index (κ2) is 4.29. The molecule has 17 heavy (non-hydrogen) atoms. The molecular weight excluding hydrogens is 208 g/mol. The molecule has 0 aromatic heterocycles. The Morgan fingerprint density at radius 3 is 2.53 bits per heavy atom. The van der Waals surface area contributed by atoms with Crippen LogP contribution >= 0.6 is 0 Å². The van der Waals surface area contributed by atoms with Crippen molar-refractivity contribution in [2.45, 2.75) is 38.5 Å². The highest BCUT2D eigenvalue weighted by molar-refractivity contribution is 5.87. The van der Waals surface area contributed by atoms with Gasteiger partial charge in [0, 0.05) is 11.8 Å². The van der Waals surface area contributed by atoms with Crippen LogP contribution in [-0.2, 0) is 4.79 Å². The molecule has 3 rings (SSSR count). The minimum Gasteiger partial charge on any atom is -0.299 e. The smallest absolute Gasteiger partial charge is 0.139 e. The summed E-state index contributed by atoms with van der Waals surface area (Å²) >= 11 is 0. The fourth-order valence-electron chi connectivity index (χ4n) is 3.42. The van der Waals surface area contributed by atoms with Gasteiger partial charge in [-0.15, -0.1) is 0 Å². The largest absolute Gasteiger partial charge is 0.299 e. The monoisotopic (exact) mass is 228 g/mol. The van der Waals surface area contributed by atoms with Crippen LogP contribution in [0, 0.1) is 17.8 Å². The van der Waals surface area contributed by atoms with Crippen LogP contribution in [0.1, 0.15) is 44.1 Å². The van der Waals surface area contributed by atoms with Crippen LogP contribution in [-0.4, -0.2) is 5.78 Å². The Kier molecular flexibility index (Phi) is 2.78. The molecule has 0 heterocycles. The van der Waals surface area contributed by atoms with E-state index in [2.05, 4.69) is 31.2 Å². The van der Waals surface area contributed by atoms with Gasteiger partial charge in [-0.25, -0.2) is 0 Å². The summed E-state index contributed by atoms with van der Waals surface area (Å²) in [7, 11) is 0.